The molecule has 0 saturated heterocycles. The van der Waals surface area contributed by atoms with Gasteiger partial charge in [0.1, 0.15) is 11.6 Å². The van der Waals surface area contributed by atoms with Crippen LogP contribution in [0.1, 0.15) is 30.5 Å². The molecule has 2 N–H and O–H groups in total. The first kappa shape index (κ1) is 14.5. The minimum atomic E-state index is -0.146. The van der Waals surface area contributed by atoms with Gasteiger partial charge in [-0.15, -0.1) is 0 Å². The van der Waals surface area contributed by atoms with Crippen molar-refractivity contribution in [2.24, 2.45) is 0 Å². The van der Waals surface area contributed by atoms with Gasteiger partial charge in [-0.2, -0.15) is 0 Å². The first-order valence-electron chi connectivity index (χ1n) is 6.96. The average molecular weight is 273 g/mol. The zero-order valence-electron chi connectivity index (χ0n) is 11.6. The van der Waals surface area contributed by atoms with Crippen LogP contribution >= 0.6 is 0 Å². The Hall–Kier alpha value is -1.87. The lowest BCUT2D eigenvalue weighted by molar-refractivity contribution is 0.473. The third-order valence-corrected chi connectivity index (χ3v) is 3.45. The van der Waals surface area contributed by atoms with Gasteiger partial charge < -0.3 is 10.4 Å². The molecule has 1 unspecified atom stereocenters. The molecule has 2 aromatic rings. The van der Waals surface area contributed by atoms with E-state index in [2.05, 4.69) is 12.2 Å². The maximum atomic E-state index is 13.5. The van der Waals surface area contributed by atoms with E-state index in [0.717, 1.165) is 24.1 Å². The molecular formula is C17H20FNO. The van der Waals surface area contributed by atoms with E-state index >= 15 is 0 Å². The van der Waals surface area contributed by atoms with Crippen molar-refractivity contribution in [3.63, 3.8) is 0 Å². The zero-order chi connectivity index (χ0) is 14.4. The maximum Gasteiger partial charge on any atom is 0.126 e. The smallest absolute Gasteiger partial charge is 0.126 e. The molecule has 0 saturated carbocycles. The highest BCUT2D eigenvalue weighted by Gasteiger charge is 2.09. The van der Waals surface area contributed by atoms with E-state index in [1.807, 2.05) is 24.3 Å². The fraction of sp³-hybridized carbons (Fsp3) is 0.294. The van der Waals surface area contributed by atoms with Gasteiger partial charge >= 0.3 is 0 Å². The molecule has 0 aliphatic heterocycles. The van der Waals surface area contributed by atoms with Gasteiger partial charge in [0.2, 0.25) is 0 Å². The fourth-order valence-electron chi connectivity index (χ4n) is 2.29. The molecule has 2 aromatic carbocycles. The van der Waals surface area contributed by atoms with E-state index in [9.17, 15) is 9.50 Å². The number of rotatable bonds is 6. The molecule has 0 aliphatic carbocycles. The molecule has 2 nitrogen and oxygen atoms in total. The minimum absolute atomic E-state index is 0.146. The first-order chi connectivity index (χ1) is 9.70. The SMILES string of the molecule is CCC(NCCc1ccccc1F)c1ccc(O)cc1. The average Bonchev–Trinajstić information content (AvgIpc) is 2.47. The summed E-state index contributed by atoms with van der Waals surface area (Å²) in [7, 11) is 0. The van der Waals surface area contributed by atoms with Crippen molar-refractivity contribution in [3.05, 3.63) is 65.5 Å². The van der Waals surface area contributed by atoms with Gasteiger partial charge in [-0.1, -0.05) is 37.3 Å². The summed E-state index contributed by atoms with van der Waals surface area (Å²) in [6.07, 6.45) is 1.61. The molecule has 0 heterocycles. The van der Waals surface area contributed by atoms with Crippen LogP contribution in [-0.4, -0.2) is 11.7 Å². The maximum absolute atomic E-state index is 13.5. The second-order valence-corrected chi connectivity index (χ2v) is 4.85. The van der Waals surface area contributed by atoms with Gasteiger partial charge in [-0.25, -0.2) is 4.39 Å². The quantitative estimate of drug-likeness (QED) is 0.838. The van der Waals surface area contributed by atoms with Crippen LogP contribution < -0.4 is 5.32 Å². The second kappa shape index (κ2) is 7.06. The Kier molecular flexibility index (Phi) is 5.13. The number of phenols is 1. The molecule has 2 rings (SSSR count). The molecule has 0 aromatic heterocycles. The molecule has 0 bridgehead atoms. The Morgan fingerprint density at radius 3 is 2.45 bits per heavy atom. The predicted molar refractivity (Wildman–Crippen MR) is 79.2 cm³/mol. The van der Waals surface area contributed by atoms with Crippen LogP contribution in [0, 0.1) is 5.82 Å². The molecule has 106 valence electrons. The van der Waals surface area contributed by atoms with E-state index in [1.54, 1.807) is 18.2 Å². The van der Waals surface area contributed by atoms with Crippen LogP contribution in [0.4, 0.5) is 4.39 Å². The number of phenolic OH excluding ortho intramolecular Hbond substituents is 1. The number of nitrogens with one attached hydrogen (secondary N) is 1. The van der Waals surface area contributed by atoms with Gasteiger partial charge in [0, 0.05) is 6.04 Å². The number of aromatic hydroxyl groups is 1. The largest absolute Gasteiger partial charge is 0.508 e. The van der Waals surface area contributed by atoms with Gasteiger partial charge in [-0.3, -0.25) is 0 Å². The zero-order valence-corrected chi connectivity index (χ0v) is 11.6. The van der Waals surface area contributed by atoms with Crippen molar-refractivity contribution in [2.75, 3.05) is 6.54 Å². The summed E-state index contributed by atoms with van der Waals surface area (Å²) >= 11 is 0. The third kappa shape index (κ3) is 3.81. The summed E-state index contributed by atoms with van der Waals surface area (Å²) in [6, 6.07) is 14.3. The monoisotopic (exact) mass is 273 g/mol. The van der Waals surface area contributed by atoms with Crippen molar-refractivity contribution < 1.29 is 9.50 Å². The Balaban J connectivity index is 1.91. The fourth-order valence-corrected chi connectivity index (χ4v) is 2.29. The third-order valence-electron chi connectivity index (χ3n) is 3.45. The molecule has 0 radical (unpaired) electrons. The Morgan fingerprint density at radius 2 is 1.80 bits per heavy atom. The molecule has 0 spiro atoms. The molecule has 0 fully saturated rings. The van der Waals surface area contributed by atoms with Crippen molar-refractivity contribution in [1.82, 2.24) is 5.32 Å². The first-order valence-corrected chi connectivity index (χ1v) is 6.96. The number of hydrogen-bond donors (Lipinski definition) is 2. The van der Waals surface area contributed by atoms with Crippen molar-refractivity contribution >= 4 is 0 Å². The number of halogens is 1. The Bertz CT molecular complexity index is 539. The van der Waals surface area contributed by atoms with Crippen LogP contribution in [0.3, 0.4) is 0 Å². The molecular weight excluding hydrogens is 253 g/mol. The summed E-state index contributed by atoms with van der Waals surface area (Å²) < 4.78 is 13.5. The molecule has 20 heavy (non-hydrogen) atoms. The Morgan fingerprint density at radius 1 is 1.10 bits per heavy atom. The van der Waals surface area contributed by atoms with Gasteiger partial charge in [0.05, 0.1) is 0 Å². The molecule has 3 heteroatoms. The minimum Gasteiger partial charge on any atom is -0.508 e. The topological polar surface area (TPSA) is 32.3 Å². The molecule has 0 amide bonds. The standard InChI is InChI=1S/C17H20FNO/c1-2-17(14-7-9-15(20)10-8-14)19-12-11-13-5-3-4-6-16(13)18/h3-10,17,19-20H,2,11-12H2,1H3. The van der Waals surface area contributed by atoms with Crippen LogP contribution in [-0.2, 0) is 6.42 Å². The van der Waals surface area contributed by atoms with Gasteiger partial charge in [0.15, 0.2) is 0 Å². The van der Waals surface area contributed by atoms with E-state index in [1.165, 1.54) is 6.07 Å². The lowest BCUT2D eigenvalue weighted by Crippen LogP contribution is -2.23. The van der Waals surface area contributed by atoms with E-state index < -0.39 is 0 Å². The van der Waals surface area contributed by atoms with Gasteiger partial charge in [0.25, 0.3) is 0 Å². The summed E-state index contributed by atoms with van der Waals surface area (Å²) in [5.74, 6) is 0.127. The van der Waals surface area contributed by atoms with Crippen molar-refractivity contribution in [3.8, 4) is 5.75 Å². The molecule has 1 atom stereocenters. The molecule has 0 aliphatic rings. The van der Waals surface area contributed by atoms with Crippen LogP contribution in [0.5, 0.6) is 5.75 Å². The van der Waals surface area contributed by atoms with Crippen molar-refractivity contribution in [1.29, 1.82) is 0 Å². The number of hydrogen-bond acceptors (Lipinski definition) is 2. The normalized spacial score (nSPS) is 12.3. The van der Waals surface area contributed by atoms with Crippen LogP contribution in [0.15, 0.2) is 48.5 Å². The van der Waals surface area contributed by atoms with Crippen LogP contribution in [0.25, 0.3) is 0 Å². The summed E-state index contributed by atoms with van der Waals surface area (Å²) in [4.78, 5) is 0. The predicted octanol–water partition coefficient (Wildman–Crippen LogP) is 3.81. The lowest BCUT2D eigenvalue weighted by atomic mass is 10.0. The highest BCUT2D eigenvalue weighted by atomic mass is 19.1. The highest BCUT2D eigenvalue weighted by Crippen LogP contribution is 2.19. The summed E-state index contributed by atoms with van der Waals surface area (Å²) in [5.41, 5.74) is 1.87. The van der Waals surface area contributed by atoms with E-state index in [-0.39, 0.29) is 17.6 Å². The summed E-state index contributed by atoms with van der Waals surface area (Å²) in [5, 5.41) is 12.7. The highest BCUT2D eigenvalue weighted by molar-refractivity contribution is 5.28. The van der Waals surface area contributed by atoms with Crippen molar-refractivity contribution in [2.45, 2.75) is 25.8 Å². The van der Waals surface area contributed by atoms with Crippen LogP contribution in [0.2, 0.25) is 0 Å². The van der Waals surface area contributed by atoms with E-state index in [0.29, 0.717) is 6.42 Å². The van der Waals surface area contributed by atoms with Gasteiger partial charge in [-0.05, 0) is 48.7 Å². The number of benzene rings is 2. The summed E-state index contributed by atoms with van der Waals surface area (Å²) in [6.45, 7) is 2.83. The van der Waals surface area contributed by atoms with E-state index in [4.69, 9.17) is 0 Å². The second-order valence-electron chi connectivity index (χ2n) is 4.85. The lowest BCUT2D eigenvalue weighted by Gasteiger charge is -2.17. The Labute approximate surface area is 119 Å².